The molecule has 1 N–H and O–H groups in total. The molecule has 5 heteroatoms. The Kier molecular flexibility index (Phi) is 5.76. The van der Waals surface area contributed by atoms with Gasteiger partial charge in [0.15, 0.2) is 0 Å². The molecule has 1 aromatic heterocycles. The molecule has 1 saturated heterocycles. The van der Waals surface area contributed by atoms with Crippen LogP contribution >= 0.6 is 11.3 Å². The van der Waals surface area contributed by atoms with Gasteiger partial charge < -0.3 is 15.0 Å². The normalized spacial score (nSPS) is 17.6. The highest BCUT2D eigenvalue weighted by molar-refractivity contribution is 7.14. The van der Waals surface area contributed by atoms with E-state index >= 15 is 0 Å². The lowest BCUT2D eigenvalue weighted by Gasteiger charge is -2.32. The van der Waals surface area contributed by atoms with E-state index in [-0.39, 0.29) is 5.91 Å². The number of thiophene rings is 1. The number of nitrogens with one attached hydrogen (secondary N) is 1. The zero-order valence-electron chi connectivity index (χ0n) is 15.2. The van der Waals surface area contributed by atoms with Crippen LogP contribution in [0.5, 0.6) is 5.75 Å². The van der Waals surface area contributed by atoms with Crippen molar-refractivity contribution in [2.75, 3.05) is 33.8 Å². The number of ether oxygens (including phenoxy) is 1. The van der Waals surface area contributed by atoms with Crippen molar-refractivity contribution in [1.82, 2.24) is 10.2 Å². The highest BCUT2D eigenvalue weighted by Crippen LogP contribution is 2.33. The fraction of sp³-hybridized carbons (Fsp3) is 0.450. The van der Waals surface area contributed by atoms with E-state index in [0.29, 0.717) is 5.92 Å². The van der Waals surface area contributed by atoms with Crippen LogP contribution in [0.15, 0.2) is 30.3 Å². The molecule has 0 bridgehead atoms. The van der Waals surface area contributed by atoms with Crippen LogP contribution < -0.4 is 10.1 Å². The number of amides is 1. The fourth-order valence-corrected chi connectivity index (χ4v) is 4.52. The number of methoxy groups -OCH3 is 1. The Bertz CT molecular complexity index is 722. The van der Waals surface area contributed by atoms with Crippen molar-refractivity contribution in [3.8, 4) is 16.9 Å². The van der Waals surface area contributed by atoms with Gasteiger partial charge in [0.25, 0.3) is 5.91 Å². The predicted molar refractivity (Wildman–Crippen MR) is 104 cm³/mol. The number of carbonyl (C=O) groups excluding carboxylic acids is 1. The van der Waals surface area contributed by atoms with Gasteiger partial charge in [-0.2, -0.15) is 0 Å². The molecule has 0 radical (unpaired) electrons. The van der Waals surface area contributed by atoms with Crippen LogP contribution in [0.1, 0.15) is 27.4 Å². The molecule has 25 heavy (non-hydrogen) atoms. The van der Waals surface area contributed by atoms with Crippen molar-refractivity contribution in [3.05, 3.63) is 40.1 Å². The molecule has 1 fully saturated rings. The lowest BCUT2D eigenvalue weighted by molar-refractivity contribution is 0.0679. The Morgan fingerprint density at radius 3 is 2.80 bits per heavy atom. The first-order valence-corrected chi connectivity index (χ1v) is 9.62. The van der Waals surface area contributed by atoms with Crippen LogP contribution in [0, 0.1) is 12.8 Å². The van der Waals surface area contributed by atoms with Gasteiger partial charge in [0.1, 0.15) is 5.75 Å². The Morgan fingerprint density at radius 1 is 1.36 bits per heavy atom. The van der Waals surface area contributed by atoms with E-state index in [4.69, 9.17) is 4.74 Å². The summed E-state index contributed by atoms with van der Waals surface area (Å²) in [6, 6.07) is 10.1. The van der Waals surface area contributed by atoms with Crippen LogP contribution in [0.3, 0.4) is 0 Å². The average Bonchev–Trinajstić information content (AvgIpc) is 3.03. The first kappa shape index (κ1) is 18.0. The zero-order valence-corrected chi connectivity index (χ0v) is 16.0. The molecule has 1 aromatic carbocycles. The standard InChI is InChI=1S/C20H26N2O2S/c1-14-18(16-6-8-17(24-3)9-7-16)11-19(25-14)20(23)22-10-4-5-15(13-22)12-21-2/h6-9,11,15,21H,4-5,10,12-13H2,1-3H3/t15-/m0/s1. The lowest BCUT2D eigenvalue weighted by Crippen LogP contribution is -2.42. The van der Waals surface area contributed by atoms with Crippen molar-refractivity contribution < 1.29 is 9.53 Å². The number of rotatable bonds is 5. The molecule has 0 spiro atoms. The molecular weight excluding hydrogens is 332 g/mol. The van der Waals surface area contributed by atoms with E-state index in [0.717, 1.165) is 47.8 Å². The van der Waals surface area contributed by atoms with Crippen molar-refractivity contribution >= 4 is 17.2 Å². The molecule has 134 valence electrons. The van der Waals surface area contributed by atoms with E-state index in [1.165, 1.54) is 11.3 Å². The summed E-state index contributed by atoms with van der Waals surface area (Å²) in [5.74, 6) is 1.58. The number of hydrogen-bond acceptors (Lipinski definition) is 4. The van der Waals surface area contributed by atoms with Crippen LogP contribution in [-0.2, 0) is 0 Å². The number of aryl methyl sites for hydroxylation is 1. The second-order valence-electron chi connectivity index (χ2n) is 6.63. The maximum absolute atomic E-state index is 12.9. The van der Waals surface area contributed by atoms with E-state index in [1.54, 1.807) is 18.4 Å². The summed E-state index contributed by atoms with van der Waals surface area (Å²) in [6.07, 6.45) is 2.29. The molecular formula is C20H26N2O2S. The smallest absolute Gasteiger partial charge is 0.263 e. The third-order valence-electron chi connectivity index (χ3n) is 4.83. The Labute approximate surface area is 153 Å². The van der Waals surface area contributed by atoms with Gasteiger partial charge >= 0.3 is 0 Å². The monoisotopic (exact) mass is 358 g/mol. The molecule has 0 unspecified atom stereocenters. The first-order chi connectivity index (χ1) is 12.1. The molecule has 1 aliphatic rings. The number of carbonyl (C=O) groups is 1. The highest BCUT2D eigenvalue weighted by Gasteiger charge is 2.25. The summed E-state index contributed by atoms with van der Waals surface area (Å²) < 4.78 is 5.22. The first-order valence-electron chi connectivity index (χ1n) is 8.81. The molecule has 0 aliphatic carbocycles. The quantitative estimate of drug-likeness (QED) is 0.884. The minimum atomic E-state index is 0.175. The number of likely N-dealkylation sites (tertiary alicyclic amines) is 1. The average molecular weight is 359 g/mol. The molecule has 4 nitrogen and oxygen atoms in total. The summed E-state index contributed by atoms with van der Waals surface area (Å²) >= 11 is 1.60. The van der Waals surface area contributed by atoms with Gasteiger partial charge in [0.05, 0.1) is 12.0 Å². The van der Waals surface area contributed by atoms with Gasteiger partial charge in [-0.05, 0) is 68.6 Å². The molecule has 2 aromatic rings. The summed E-state index contributed by atoms with van der Waals surface area (Å²) in [4.78, 5) is 17.0. The van der Waals surface area contributed by atoms with Crippen molar-refractivity contribution in [1.29, 1.82) is 0 Å². The fourth-order valence-electron chi connectivity index (χ4n) is 3.51. The van der Waals surface area contributed by atoms with Crippen LogP contribution in [0.2, 0.25) is 0 Å². The van der Waals surface area contributed by atoms with Crippen molar-refractivity contribution in [2.45, 2.75) is 19.8 Å². The van der Waals surface area contributed by atoms with Gasteiger partial charge in [-0.15, -0.1) is 11.3 Å². The third kappa shape index (κ3) is 4.05. The number of piperidine rings is 1. The molecule has 1 aliphatic heterocycles. The Morgan fingerprint density at radius 2 is 2.12 bits per heavy atom. The van der Waals surface area contributed by atoms with Gasteiger partial charge in [0, 0.05) is 18.0 Å². The van der Waals surface area contributed by atoms with Crippen molar-refractivity contribution in [3.63, 3.8) is 0 Å². The van der Waals surface area contributed by atoms with E-state index in [2.05, 4.69) is 12.2 Å². The molecule has 1 atom stereocenters. The van der Waals surface area contributed by atoms with E-state index < -0.39 is 0 Å². The van der Waals surface area contributed by atoms with E-state index in [1.807, 2.05) is 42.3 Å². The molecule has 2 heterocycles. The molecule has 3 rings (SSSR count). The number of hydrogen-bond donors (Lipinski definition) is 1. The Balaban J connectivity index is 1.77. The maximum Gasteiger partial charge on any atom is 0.263 e. The summed E-state index contributed by atoms with van der Waals surface area (Å²) in [6.45, 7) is 4.79. The summed E-state index contributed by atoms with van der Waals surface area (Å²) in [7, 11) is 3.64. The van der Waals surface area contributed by atoms with Crippen LogP contribution in [-0.4, -0.2) is 44.6 Å². The second kappa shape index (κ2) is 8.02. The van der Waals surface area contributed by atoms with E-state index in [9.17, 15) is 4.79 Å². The SMILES string of the molecule is CNC[C@@H]1CCCN(C(=O)c2cc(-c3ccc(OC)cc3)c(C)s2)C1. The topological polar surface area (TPSA) is 41.6 Å². The largest absolute Gasteiger partial charge is 0.497 e. The maximum atomic E-state index is 12.9. The van der Waals surface area contributed by atoms with Crippen LogP contribution in [0.4, 0.5) is 0 Å². The highest BCUT2D eigenvalue weighted by atomic mass is 32.1. The van der Waals surface area contributed by atoms with Gasteiger partial charge in [-0.3, -0.25) is 4.79 Å². The van der Waals surface area contributed by atoms with Gasteiger partial charge in [-0.25, -0.2) is 0 Å². The van der Waals surface area contributed by atoms with Crippen LogP contribution in [0.25, 0.3) is 11.1 Å². The van der Waals surface area contributed by atoms with Gasteiger partial charge in [-0.1, -0.05) is 12.1 Å². The van der Waals surface area contributed by atoms with Gasteiger partial charge in [0.2, 0.25) is 0 Å². The minimum Gasteiger partial charge on any atom is -0.497 e. The zero-order chi connectivity index (χ0) is 17.8. The predicted octanol–water partition coefficient (Wildman–Crippen LogP) is 3.80. The summed E-state index contributed by atoms with van der Waals surface area (Å²) in [5, 5.41) is 3.24. The van der Waals surface area contributed by atoms with Crippen molar-refractivity contribution in [2.24, 2.45) is 5.92 Å². The Hall–Kier alpha value is -1.85. The number of nitrogens with zero attached hydrogens (tertiary/aromatic N) is 1. The summed E-state index contributed by atoms with van der Waals surface area (Å²) in [5.41, 5.74) is 2.26. The minimum absolute atomic E-state index is 0.175. The number of benzene rings is 1. The lowest BCUT2D eigenvalue weighted by atomic mass is 9.98. The molecule has 0 saturated carbocycles. The molecule has 1 amide bonds. The third-order valence-corrected chi connectivity index (χ3v) is 5.87. The second-order valence-corrected chi connectivity index (χ2v) is 7.88.